The maximum absolute atomic E-state index is 14.4. The summed E-state index contributed by atoms with van der Waals surface area (Å²) < 4.78 is 7.58. The van der Waals surface area contributed by atoms with E-state index in [0.29, 0.717) is 47.4 Å². The van der Waals surface area contributed by atoms with Crippen molar-refractivity contribution in [3.63, 3.8) is 0 Å². The van der Waals surface area contributed by atoms with Crippen LogP contribution in [0.4, 0.5) is 10.5 Å². The Morgan fingerprint density at radius 1 is 1.02 bits per heavy atom. The van der Waals surface area contributed by atoms with Gasteiger partial charge in [-0.25, -0.2) is 4.79 Å². The molecule has 4 amide bonds. The van der Waals surface area contributed by atoms with Crippen molar-refractivity contribution in [2.24, 2.45) is 0 Å². The zero-order valence-electron chi connectivity index (χ0n) is 23.7. The fourth-order valence-electron chi connectivity index (χ4n) is 6.75. The number of rotatable bonds is 4. The van der Waals surface area contributed by atoms with Gasteiger partial charge in [-0.2, -0.15) is 0 Å². The van der Waals surface area contributed by atoms with Gasteiger partial charge in [0.05, 0.1) is 6.04 Å². The maximum Gasteiger partial charge on any atom is 0.319 e. The van der Waals surface area contributed by atoms with Crippen LogP contribution in [0, 0.1) is 3.57 Å². The standard InChI is InChI=1S/C32H31Cl2IN4O4/c1-38(2)31(42)39-12-10-22(11-13-39)43-27-9-7-21(35)16-23(27)29-32(24-8-6-20(34)15-26(24)36-30(32)41)25(17-28(40)37-29)18-4-3-5-19(33)14-18/h3-9,14-16,22,25,29H,10-13,17H2,1-2H3,(H,36,41)(H,37,40)/t25-,29+,32-/m0/s1. The van der Waals surface area contributed by atoms with Gasteiger partial charge in [0.25, 0.3) is 0 Å². The molecule has 3 aliphatic rings. The molecule has 3 aliphatic heterocycles. The number of likely N-dealkylation sites (tertiary alicyclic amines) is 1. The predicted octanol–water partition coefficient (Wildman–Crippen LogP) is 6.36. The van der Waals surface area contributed by atoms with E-state index >= 15 is 0 Å². The SMILES string of the molecule is CN(C)C(=O)N1CCC(Oc2ccc(I)cc2[C@H]2NC(=O)C[C@@H](c3cccc(Cl)c3)[C@]23C(=O)Nc2cc(Cl)ccc23)CC1. The summed E-state index contributed by atoms with van der Waals surface area (Å²) in [5, 5.41) is 7.31. The van der Waals surface area contributed by atoms with Crippen LogP contribution in [0.25, 0.3) is 0 Å². The van der Waals surface area contributed by atoms with Gasteiger partial charge in [0.1, 0.15) is 17.3 Å². The van der Waals surface area contributed by atoms with E-state index in [0.717, 1.165) is 20.3 Å². The number of halogens is 3. The molecule has 0 saturated carbocycles. The highest BCUT2D eigenvalue weighted by atomic mass is 127. The molecule has 3 aromatic rings. The average molecular weight is 733 g/mol. The Kier molecular flexibility index (Phi) is 8.25. The minimum atomic E-state index is -1.21. The fraction of sp³-hybridized carbons (Fsp3) is 0.344. The highest BCUT2D eigenvalue weighted by Crippen LogP contribution is 2.58. The molecule has 0 unspecified atom stereocenters. The molecular formula is C32H31Cl2IN4O4. The van der Waals surface area contributed by atoms with Crippen molar-refractivity contribution in [1.29, 1.82) is 0 Å². The lowest BCUT2D eigenvalue weighted by Gasteiger charge is -2.47. The van der Waals surface area contributed by atoms with Crippen LogP contribution in [0.2, 0.25) is 10.0 Å². The van der Waals surface area contributed by atoms with Gasteiger partial charge >= 0.3 is 6.03 Å². The molecule has 3 atom stereocenters. The Labute approximate surface area is 274 Å². The number of anilines is 1. The molecule has 11 heteroatoms. The Hall–Kier alpha value is -3.02. The van der Waals surface area contributed by atoms with Crippen LogP contribution in [0.5, 0.6) is 5.75 Å². The largest absolute Gasteiger partial charge is 0.490 e. The number of hydrogen-bond acceptors (Lipinski definition) is 4. The van der Waals surface area contributed by atoms with E-state index < -0.39 is 17.4 Å². The molecular weight excluding hydrogens is 702 g/mol. The van der Waals surface area contributed by atoms with Crippen LogP contribution in [0.1, 0.15) is 47.9 Å². The second-order valence-electron chi connectivity index (χ2n) is 11.5. The lowest BCUT2D eigenvalue weighted by Crippen LogP contribution is -2.57. The number of piperidine rings is 2. The number of fused-ring (bicyclic) bond motifs is 2. The fourth-order valence-corrected chi connectivity index (χ4v) is 7.64. The van der Waals surface area contributed by atoms with Gasteiger partial charge in [0, 0.05) is 77.2 Å². The van der Waals surface area contributed by atoms with Crippen molar-refractivity contribution in [1.82, 2.24) is 15.1 Å². The number of nitrogens with zero attached hydrogens (tertiary/aromatic N) is 2. The van der Waals surface area contributed by atoms with Gasteiger partial charge in [-0.1, -0.05) is 41.4 Å². The van der Waals surface area contributed by atoms with Gasteiger partial charge in [-0.15, -0.1) is 0 Å². The summed E-state index contributed by atoms with van der Waals surface area (Å²) in [5.41, 5.74) is 1.70. The monoisotopic (exact) mass is 732 g/mol. The number of carbonyl (C=O) groups is 3. The first-order valence-corrected chi connectivity index (χ1v) is 16.0. The number of benzene rings is 3. The van der Waals surface area contributed by atoms with E-state index in [-0.39, 0.29) is 30.4 Å². The molecule has 2 N–H and O–H groups in total. The molecule has 0 aromatic heterocycles. The van der Waals surface area contributed by atoms with Gasteiger partial charge in [-0.05, 0) is 76.2 Å². The number of hydrogen-bond donors (Lipinski definition) is 2. The predicted molar refractivity (Wildman–Crippen MR) is 175 cm³/mol. The molecule has 43 heavy (non-hydrogen) atoms. The zero-order valence-corrected chi connectivity index (χ0v) is 27.4. The summed E-state index contributed by atoms with van der Waals surface area (Å²) in [5.74, 6) is -0.306. The van der Waals surface area contributed by atoms with E-state index in [2.05, 4.69) is 33.2 Å². The third kappa shape index (κ3) is 5.44. The molecule has 3 aromatic carbocycles. The third-order valence-electron chi connectivity index (χ3n) is 8.67. The average Bonchev–Trinajstić information content (AvgIpc) is 3.25. The number of nitrogens with one attached hydrogen (secondary N) is 2. The highest BCUT2D eigenvalue weighted by Gasteiger charge is 2.61. The zero-order chi connectivity index (χ0) is 30.5. The Balaban J connectivity index is 1.45. The normalized spacial score (nSPS) is 23.5. The lowest BCUT2D eigenvalue weighted by molar-refractivity contribution is -0.131. The summed E-state index contributed by atoms with van der Waals surface area (Å²) >= 11 is 15.0. The molecule has 6 rings (SSSR count). The van der Waals surface area contributed by atoms with E-state index in [9.17, 15) is 14.4 Å². The lowest BCUT2D eigenvalue weighted by atomic mass is 9.59. The summed E-state index contributed by atoms with van der Waals surface area (Å²) in [7, 11) is 3.50. The van der Waals surface area contributed by atoms with Gasteiger partial charge in [-0.3, -0.25) is 9.59 Å². The maximum atomic E-state index is 14.4. The number of amides is 4. The molecule has 0 bridgehead atoms. The van der Waals surface area contributed by atoms with Crippen LogP contribution in [-0.2, 0) is 15.0 Å². The number of urea groups is 1. The van der Waals surface area contributed by atoms with Crippen LogP contribution < -0.4 is 15.4 Å². The summed E-state index contributed by atoms with van der Waals surface area (Å²) in [4.78, 5) is 43.8. The van der Waals surface area contributed by atoms with E-state index in [4.69, 9.17) is 27.9 Å². The minimum Gasteiger partial charge on any atom is -0.490 e. The highest BCUT2D eigenvalue weighted by molar-refractivity contribution is 14.1. The van der Waals surface area contributed by atoms with Crippen molar-refractivity contribution in [3.8, 4) is 5.75 Å². The van der Waals surface area contributed by atoms with Crippen LogP contribution >= 0.6 is 45.8 Å². The van der Waals surface area contributed by atoms with Crippen molar-refractivity contribution in [2.45, 2.75) is 42.7 Å². The molecule has 3 heterocycles. The first-order valence-electron chi connectivity index (χ1n) is 14.2. The van der Waals surface area contributed by atoms with Crippen molar-refractivity contribution < 1.29 is 19.1 Å². The first-order chi connectivity index (χ1) is 20.6. The Morgan fingerprint density at radius 3 is 2.49 bits per heavy atom. The second kappa shape index (κ2) is 11.8. The van der Waals surface area contributed by atoms with Crippen molar-refractivity contribution >= 4 is 69.3 Å². The Morgan fingerprint density at radius 2 is 1.77 bits per heavy atom. The molecule has 2 saturated heterocycles. The first kappa shape index (κ1) is 30.0. The summed E-state index contributed by atoms with van der Waals surface area (Å²) in [6.45, 7) is 1.16. The third-order valence-corrected chi connectivity index (χ3v) is 9.81. The van der Waals surface area contributed by atoms with Gasteiger partial charge in [0.15, 0.2) is 0 Å². The van der Waals surface area contributed by atoms with Crippen LogP contribution in [0.3, 0.4) is 0 Å². The van der Waals surface area contributed by atoms with Crippen LogP contribution in [-0.4, -0.2) is 60.9 Å². The molecule has 0 radical (unpaired) electrons. The molecule has 224 valence electrons. The van der Waals surface area contributed by atoms with E-state index in [1.807, 2.05) is 47.4 Å². The second-order valence-corrected chi connectivity index (χ2v) is 13.6. The van der Waals surface area contributed by atoms with Gasteiger partial charge < -0.3 is 25.2 Å². The topological polar surface area (TPSA) is 91.0 Å². The molecule has 2 fully saturated rings. The number of ether oxygens (including phenoxy) is 1. The van der Waals surface area contributed by atoms with Crippen molar-refractivity contribution in [3.05, 3.63) is 91.0 Å². The van der Waals surface area contributed by atoms with Crippen LogP contribution in [0.15, 0.2) is 60.7 Å². The Bertz CT molecular complexity index is 1610. The van der Waals surface area contributed by atoms with Crippen molar-refractivity contribution in [2.75, 3.05) is 32.5 Å². The summed E-state index contributed by atoms with van der Waals surface area (Å²) in [6, 6.07) is 17.9. The molecule has 8 nitrogen and oxygen atoms in total. The molecule has 0 aliphatic carbocycles. The van der Waals surface area contributed by atoms with Gasteiger partial charge in [0.2, 0.25) is 11.8 Å². The van der Waals surface area contributed by atoms with E-state index in [1.54, 1.807) is 37.2 Å². The minimum absolute atomic E-state index is 0.0154. The summed E-state index contributed by atoms with van der Waals surface area (Å²) in [6.07, 6.45) is 1.30. The number of carbonyl (C=O) groups excluding carboxylic acids is 3. The van der Waals surface area contributed by atoms with E-state index in [1.165, 1.54) is 0 Å². The quantitative estimate of drug-likeness (QED) is 0.306. The molecule has 1 spiro atoms. The smallest absolute Gasteiger partial charge is 0.319 e.